The van der Waals surface area contributed by atoms with Gasteiger partial charge in [-0.1, -0.05) is 26.0 Å². The zero-order chi connectivity index (χ0) is 16.0. The molecule has 118 valence electrons. The summed E-state index contributed by atoms with van der Waals surface area (Å²) in [6.45, 7) is 5.13. The Morgan fingerprint density at radius 1 is 1.05 bits per heavy atom. The number of benzene rings is 1. The predicted octanol–water partition coefficient (Wildman–Crippen LogP) is 2.12. The third-order valence-corrected chi connectivity index (χ3v) is 5.35. The summed E-state index contributed by atoms with van der Waals surface area (Å²) in [5, 5.41) is 3.08. The van der Waals surface area contributed by atoms with Gasteiger partial charge in [0, 0.05) is 32.0 Å². The van der Waals surface area contributed by atoms with Crippen molar-refractivity contribution in [1.82, 2.24) is 14.3 Å². The highest BCUT2D eigenvalue weighted by Gasteiger charge is 2.20. The Labute approximate surface area is 131 Å². The molecule has 0 fully saturated rings. The van der Waals surface area contributed by atoms with E-state index in [2.05, 4.69) is 15.3 Å². The van der Waals surface area contributed by atoms with Crippen LogP contribution in [0.25, 0.3) is 0 Å². The Kier molecular flexibility index (Phi) is 5.46. The van der Waals surface area contributed by atoms with Crippen LogP contribution in [0.15, 0.2) is 47.6 Å². The van der Waals surface area contributed by atoms with Gasteiger partial charge in [0.05, 0.1) is 4.90 Å². The van der Waals surface area contributed by atoms with Gasteiger partial charge in [-0.3, -0.25) is 0 Å². The van der Waals surface area contributed by atoms with E-state index in [1.165, 1.54) is 4.31 Å². The average molecular weight is 320 g/mol. The third-order valence-electron chi connectivity index (χ3n) is 3.28. The van der Waals surface area contributed by atoms with Crippen LogP contribution in [-0.4, -0.2) is 35.8 Å². The number of sulfonamides is 1. The van der Waals surface area contributed by atoms with Crippen LogP contribution in [0.1, 0.15) is 19.4 Å². The molecular weight excluding hydrogens is 300 g/mol. The molecule has 6 nitrogen and oxygen atoms in total. The van der Waals surface area contributed by atoms with Crippen molar-refractivity contribution in [3.63, 3.8) is 0 Å². The van der Waals surface area contributed by atoms with E-state index in [-0.39, 0.29) is 0 Å². The summed E-state index contributed by atoms with van der Waals surface area (Å²) in [5.41, 5.74) is 0.964. The van der Waals surface area contributed by atoms with E-state index in [4.69, 9.17) is 0 Å². The first-order valence-electron chi connectivity index (χ1n) is 7.18. The van der Waals surface area contributed by atoms with Crippen LogP contribution in [-0.2, 0) is 16.6 Å². The SMILES string of the molecule is CCN(CC)S(=O)(=O)c1ccc(CNc2ncccn2)cc1. The lowest BCUT2D eigenvalue weighted by Crippen LogP contribution is -2.30. The highest BCUT2D eigenvalue weighted by atomic mass is 32.2. The molecule has 0 amide bonds. The highest BCUT2D eigenvalue weighted by molar-refractivity contribution is 7.89. The van der Waals surface area contributed by atoms with Crippen LogP contribution in [0.4, 0.5) is 5.95 Å². The fourth-order valence-corrected chi connectivity index (χ4v) is 3.52. The van der Waals surface area contributed by atoms with Gasteiger partial charge in [-0.2, -0.15) is 4.31 Å². The number of aromatic nitrogens is 2. The van der Waals surface area contributed by atoms with Crippen LogP contribution in [0.5, 0.6) is 0 Å². The van der Waals surface area contributed by atoms with Crippen molar-refractivity contribution in [2.75, 3.05) is 18.4 Å². The number of nitrogens with zero attached hydrogens (tertiary/aromatic N) is 3. The maximum absolute atomic E-state index is 12.4. The zero-order valence-electron chi connectivity index (χ0n) is 12.7. The van der Waals surface area contributed by atoms with Crippen molar-refractivity contribution in [3.05, 3.63) is 48.3 Å². The molecule has 1 heterocycles. The Bertz CT molecular complexity index is 683. The smallest absolute Gasteiger partial charge is 0.243 e. The molecule has 0 saturated carbocycles. The first kappa shape index (κ1) is 16.4. The molecular formula is C15H20N4O2S. The number of hydrogen-bond donors (Lipinski definition) is 1. The van der Waals surface area contributed by atoms with E-state index in [9.17, 15) is 8.42 Å². The minimum absolute atomic E-state index is 0.316. The van der Waals surface area contributed by atoms with E-state index in [0.717, 1.165) is 5.56 Å². The summed E-state index contributed by atoms with van der Waals surface area (Å²) in [5.74, 6) is 0.544. The molecule has 1 aromatic carbocycles. The Balaban J connectivity index is 2.07. The highest BCUT2D eigenvalue weighted by Crippen LogP contribution is 2.16. The second-order valence-electron chi connectivity index (χ2n) is 4.66. The second kappa shape index (κ2) is 7.33. The molecule has 2 rings (SSSR count). The topological polar surface area (TPSA) is 75.2 Å². The van der Waals surface area contributed by atoms with Gasteiger partial charge < -0.3 is 5.32 Å². The Morgan fingerprint density at radius 2 is 1.64 bits per heavy atom. The summed E-state index contributed by atoms with van der Waals surface area (Å²) >= 11 is 0. The van der Waals surface area contributed by atoms with E-state index in [1.807, 2.05) is 13.8 Å². The van der Waals surface area contributed by atoms with Crippen molar-refractivity contribution < 1.29 is 8.42 Å². The molecule has 0 aliphatic heterocycles. The number of anilines is 1. The molecule has 1 N–H and O–H groups in total. The fraction of sp³-hybridized carbons (Fsp3) is 0.333. The van der Waals surface area contributed by atoms with Gasteiger partial charge in [0.15, 0.2) is 0 Å². The van der Waals surface area contributed by atoms with E-state index < -0.39 is 10.0 Å². The quantitative estimate of drug-likeness (QED) is 0.846. The minimum Gasteiger partial charge on any atom is -0.350 e. The molecule has 0 radical (unpaired) electrons. The van der Waals surface area contributed by atoms with E-state index >= 15 is 0 Å². The van der Waals surface area contributed by atoms with Crippen molar-refractivity contribution in [2.24, 2.45) is 0 Å². The maximum atomic E-state index is 12.4. The van der Waals surface area contributed by atoms with Gasteiger partial charge in [0.2, 0.25) is 16.0 Å². The fourth-order valence-electron chi connectivity index (χ4n) is 2.06. The molecule has 1 aromatic heterocycles. The average Bonchev–Trinajstić information content (AvgIpc) is 2.55. The van der Waals surface area contributed by atoms with Gasteiger partial charge in [-0.15, -0.1) is 0 Å². The number of nitrogens with one attached hydrogen (secondary N) is 1. The summed E-state index contributed by atoms with van der Waals surface area (Å²) in [4.78, 5) is 8.46. The van der Waals surface area contributed by atoms with Gasteiger partial charge in [-0.05, 0) is 23.8 Å². The van der Waals surface area contributed by atoms with Crippen molar-refractivity contribution in [2.45, 2.75) is 25.3 Å². The lowest BCUT2D eigenvalue weighted by atomic mass is 10.2. The molecule has 0 bridgehead atoms. The third kappa shape index (κ3) is 3.80. The first-order valence-corrected chi connectivity index (χ1v) is 8.62. The summed E-state index contributed by atoms with van der Waals surface area (Å²) in [6, 6.07) is 8.61. The summed E-state index contributed by atoms with van der Waals surface area (Å²) in [7, 11) is -3.40. The molecule has 0 saturated heterocycles. The standard InChI is InChI=1S/C15H20N4O2S/c1-3-19(4-2)22(20,21)14-8-6-13(7-9-14)12-18-15-16-10-5-11-17-15/h5-11H,3-4,12H2,1-2H3,(H,16,17,18). The lowest BCUT2D eigenvalue weighted by Gasteiger charge is -2.18. The van der Waals surface area contributed by atoms with Crippen LogP contribution in [0.2, 0.25) is 0 Å². The summed E-state index contributed by atoms with van der Waals surface area (Å²) < 4.78 is 26.2. The van der Waals surface area contributed by atoms with Gasteiger partial charge in [0.25, 0.3) is 0 Å². The second-order valence-corrected chi connectivity index (χ2v) is 6.60. The first-order chi connectivity index (χ1) is 10.6. The van der Waals surface area contributed by atoms with Crippen LogP contribution < -0.4 is 5.32 Å². The van der Waals surface area contributed by atoms with Crippen LogP contribution >= 0.6 is 0 Å². The van der Waals surface area contributed by atoms with E-state index in [1.54, 1.807) is 42.7 Å². The molecule has 0 atom stereocenters. The van der Waals surface area contributed by atoms with Gasteiger partial charge in [0.1, 0.15) is 0 Å². The Hall–Kier alpha value is -1.99. The lowest BCUT2D eigenvalue weighted by molar-refractivity contribution is 0.445. The minimum atomic E-state index is -3.40. The monoisotopic (exact) mass is 320 g/mol. The van der Waals surface area contributed by atoms with E-state index in [0.29, 0.717) is 30.5 Å². The summed E-state index contributed by atoms with van der Waals surface area (Å²) in [6.07, 6.45) is 3.32. The molecule has 22 heavy (non-hydrogen) atoms. The van der Waals surface area contributed by atoms with Crippen LogP contribution in [0.3, 0.4) is 0 Å². The molecule has 0 aliphatic carbocycles. The predicted molar refractivity (Wildman–Crippen MR) is 85.9 cm³/mol. The molecule has 2 aromatic rings. The number of rotatable bonds is 7. The normalized spacial score (nSPS) is 11.6. The maximum Gasteiger partial charge on any atom is 0.243 e. The van der Waals surface area contributed by atoms with Gasteiger partial charge in [-0.25, -0.2) is 18.4 Å². The molecule has 0 unspecified atom stereocenters. The van der Waals surface area contributed by atoms with Crippen molar-refractivity contribution in [3.8, 4) is 0 Å². The number of hydrogen-bond acceptors (Lipinski definition) is 5. The van der Waals surface area contributed by atoms with Gasteiger partial charge >= 0.3 is 0 Å². The van der Waals surface area contributed by atoms with Crippen LogP contribution in [0, 0.1) is 0 Å². The largest absolute Gasteiger partial charge is 0.350 e. The van der Waals surface area contributed by atoms with Crippen molar-refractivity contribution >= 4 is 16.0 Å². The molecule has 0 spiro atoms. The Morgan fingerprint density at radius 3 is 2.18 bits per heavy atom. The molecule has 7 heteroatoms. The zero-order valence-corrected chi connectivity index (χ0v) is 13.5. The molecule has 0 aliphatic rings. The van der Waals surface area contributed by atoms with Crippen molar-refractivity contribution in [1.29, 1.82) is 0 Å².